The molecule has 0 fully saturated rings. The molecule has 0 bridgehead atoms. The third-order valence-corrected chi connectivity index (χ3v) is 3.76. The first-order valence-corrected chi connectivity index (χ1v) is 6.95. The molecule has 110 valence electrons. The summed E-state index contributed by atoms with van der Waals surface area (Å²) in [6.45, 7) is 0.383. The maximum atomic E-state index is 12.1. The van der Waals surface area contributed by atoms with Crippen molar-refractivity contribution in [1.82, 2.24) is 9.55 Å². The van der Waals surface area contributed by atoms with Crippen molar-refractivity contribution in [1.29, 1.82) is 5.26 Å². The van der Waals surface area contributed by atoms with Gasteiger partial charge in [0.2, 0.25) is 0 Å². The van der Waals surface area contributed by atoms with Crippen molar-refractivity contribution in [2.24, 2.45) is 0 Å². The van der Waals surface area contributed by atoms with Gasteiger partial charge in [-0.05, 0) is 35.9 Å². The average molecular weight is 314 g/mol. The van der Waals surface area contributed by atoms with E-state index in [1.165, 1.54) is 0 Å². The van der Waals surface area contributed by atoms with E-state index in [2.05, 4.69) is 11.1 Å². The van der Waals surface area contributed by atoms with Crippen LogP contribution in [-0.2, 0) is 6.54 Å². The average Bonchev–Trinajstić information content (AvgIpc) is 2.82. The molecule has 1 N–H and O–H groups in total. The van der Waals surface area contributed by atoms with E-state index in [1.807, 2.05) is 6.07 Å². The van der Waals surface area contributed by atoms with Gasteiger partial charge in [0.25, 0.3) is 0 Å². The number of hydrogen-bond acceptors (Lipinski definition) is 3. The SMILES string of the molecule is COc1ccc(Cn2c(=O)[nH]c3cc(C#N)ccc32)cc1Cl. The molecule has 3 rings (SSSR count). The molecule has 5 nitrogen and oxygen atoms in total. The van der Waals surface area contributed by atoms with E-state index >= 15 is 0 Å². The third-order valence-electron chi connectivity index (χ3n) is 3.46. The van der Waals surface area contributed by atoms with Crippen molar-refractivity contribution in [2.45, 2.75) is 6.54 Å². The number of H-pyrrole nitrogens is 1. The fraction of sp³-hybridized carbons (Fsp3) is 0.125. The fourth-order valence-corrected chi connectivity index (χ4v) is 2.66. The minimum absolute atomic E-state index is 0.225. The molecular weight excluding hydrogens is 302 g/mol. The summed E-state index contributed by atoms with van der Waals surface area (Å²) in [5.74, 6) is 0.593. The highest BCUT2D eigenvalue weighted by atomic mass is 35.5. The summed E-state index contributed by atoms with van der Waals surface area (Å²) in [4.78, 5) is 14.9. The number of benzene rings is 2. The van der Waals surface area contributed by atoms with E-state index in [9.17, 15) is 4.79 Å². The van der Waals surface area contributed by atoms with Crippen molar-refractivity contribution >= 4 is 22.6 Å². The zero-order valence-electron chi connectivity index (χ0n) is 11.8. The molecule has 3 aromatic rings. The summed E-state index contributed by atoms with van der Waals surface area (Å²) in [6, 6.07) is 12.6. The van der Waals surface area contributed by atoms with Crippen molar-refractivity contribution < 1.29 is 4.74 Å². The Labute approximate surface area is 131 Å². The minimum atomic E-state index is -0.225. The van der Waals surface area contributed by atoms with Gasteiger partial charge in [0.15, 0.2) is 0 Å². The van der Waals surface area contributed by atoms with Crippen LogP contribution in [0.5, 0.6) is 5.75 Å². The van der Waals surface area contributed by atoms with Crippen molar-refractivity contribution in [3.63, 3.8) is 0 Å². The van der Waals surface area contributed by atoms with Crippen LogP contribution in [-0.4, -0.2) is 16.7 Å². The molecule has 0 atom stereocenters. The summed E-state index contributed by atoms with van der Waals surface area (Å²) >= 11 is 6.11. The largest absolute Gasteiger partial charge is 0.495 e. The number of aromatic nitrogens is 2. The van der Waals surface area contributed by atoms with Crippen LogP contribution in [0.15, 0.2) is 41.2 Å². The van der Waals surface area contributed by atoms with Gasteiger partial charge < -0.3 is 9.72 Å². The minimum Gasteiger partial charge on any atom is -0.495 e. The lowest BCUT2D eigenvalue weighted by molar-refractivity contribution is 0.415. The van der Waals surface area contributed by atoms with Crippen LogP contribution in [0.1, 0.15) is 11.1 Å². The first-order valence-electron chi connectivity index (χ1n) is 6.57. The van der Waals surface area contributed by atoms with Gasteiger partial charge in [-0.2, -0.15) is 5.26 Å². The Morgan fingerprint density at radius 3 is 2.82 bits per heavy atom. The second-order valence-corrected chi connectivity index (χ2v) is 5.24. The number of halogens is 1. The highest BCUT2D eigenvalue weighted by Gasteiger charge is 2.09. The maximum absolute atomic E-state index is 12.1. The monoisotopic (exact) mass is 313 g/mol. The van der Waals surface area contributed by atoms with Crippen LogP contribution in [0.4, 0.5) is 0 Å². The van der Waals surface area contributed by atoms with E-state index in [-0.39, 0.29) is 5.69 Å². The van der Waals surface area contributed by atoms with E-state index in [0.29, 0.717) is 28.4 Å². The predicted molar refractivity (Wildman–Crippen MR) is 84.4 cm³/mol. The van der Waals surface area contributed by atoms with E-state index in [4.69, 9.17) is 21.6 Å². The highest BCUT2D eigenvalue weighted by Crippen LogP contribution is 2.25. The Morgan fingerprint density at radius 2 is 2.14 bits per heavy atom. The molecule has 0 aliphatic carbocycles. The number of nitrogens with one attached hydrogen (secondary N) is 1. The molecule has 6 heteroatoms. The Bertz CT molecular complexity index is 950. The number of nitriles is 1. The first kappa shape index (κ1) is 14.2. The van der Waals surface area contributed by atoms with Gasteiger partial charge in [-0.3, -0.25) is 4.57 Å². The maximum Gasteiger partial charge on any atom is 0.326 e. The van der Waals surface area contributed by atoms with E-state index < -0.39 is 0 Å². The molecule has 0 saturated heterocycles. The van der Waals surface area contributed by atoms with E-state index in [1.54, 1.807) is 42.0 Å². The second-order valence-electron chi connectivity index (χ2n) is 4.83. The van der Waals surface area contributed by atoms with Gasteiger partial charge in [-0.25, -0.2) is 4.79 Å². The number of rotatable bonds is 3. The number of nitrogens with zero attached hydrogens (tertiary/aromatic N) is 2. The molecule has 22 heavy (non-hydrogen) atoms. The smallest absolute Gasteiger partial charge is 0.326 e. The zero-order valence-corrected chi connectivity index (χ0v) is 12.5. The first-order chi connectivity index (χ1) is 10.6. The van der Waals surface area contributed by atoms with Gasteiger partial charge in [0.05, 0.1) is 41.3 Å². The molecule has 0 unspecified atom stereocenters. The number of ether oxygens (including phenoxy) is 1. The van der Waals surface area contributed by atoms with Crippen LogP contribution in [0.25, 0.3) is 11.0 Å². The lowest BCUT2D eigenvalue weighted by atomic mass is 10.2. The molecule has 0 aliphatic rings. The molecule has 1 heterocycles. The quantitative estimate of drug-likeness (QED) is 0.808. The highest BCUT2D eigenvalue weighted by molar-refractivity contribution is 6.32. The number of methoxy groups -OCH3 is 1. The number of aromatic amines is 1. The van der Waals surface area contributed by atoms with Gasteiger partial charge in [0.1, 0.15) is 5.75 Å². The van der Waals surface area contributed by atoms with Crippen molar-refractivity contribution in [2.75, 3.05) is 7.11 Å². The fourth-order valence-electron chi connectivity index (χ4n) is 2.38. The Balaban J connectivity index is 2.04. The van der Waals surface area contributed by atoms with Crippen molar-refractivity contribution in [3.05, 3.63) is 63.0 Å². The molecule has 0 spiro atoms. The predicted octanol–water partition coefficient (Wildman–Crippen LogP) is 2.91. The van der Waals surface area contributed by atoms with Crippen molar-refractivity contribution in [3.8, 4) is 11.8 Å². The van der Waals surface area contributed by atoms with Gasteiger partial charge in [-0.15, -0.1) is 0 Å². The standard InChI is InChI=1S/C16H12ClN3O2/c1-22-15-5-3-11(6-12(15)17)9-20-14-4-2-10(8-18)7-13(14)19-16(20)21/h2-7H,9H2,1H3,(H,19,21). The van der Waals surface area contributed by atoms with Gasteiger partial charge >= 0.3 is 5.69 Å². The normalized spacial score (nSPS) is 10.6. The summed E-state index contributed by atoms with van der Waals surface area (Å²) < 4.78 is 6.72. The molecule has 0 amide bonds. The van der Waals surface area contributed by atoms with Gasteiger partial charge in [0, 0.05) is 0 Å². The Kier molecular flexibility index (Phi) is 3.61. The van der Waals surface area contributed by atoms with Crippen LogP contribution in [0.2, 0.25) is 5.02 Å². The topological polar surface area (TPSA) is 70.8 Å². The Hall–Kier alpha value is -2.71. The number of fused-ring (bicyclic) bond motifs is 1. The molecule has 2 aromatic carbocycles. The molecule has 0 aliphatic heterocycles. The Morgan fingerprint density at radius 1 is 1.32 bits per heavy atom. The molecule has 0 saturated carbocycles. The third kappa shape index (κ3) is 2.45. The summed E-state index contributed by atoms with van der Waals surface area (Å²) in [6.07, 6.45) is 0. The lowest BCUT2D eigenvalue weighted by Gasteiger charge is -2.07. The second kappa shape index (κ2) is 5.58. The van der Waals surface area contributed by atoms with E-state index in [0.717, 1.165) is 11.1 Å². The van der Waals surface area contributed by atoms with Gasteiger partial charge in [-0.1, -0.05) is 17.7 Å². The lowest BCUT2D eigenvalue weighted by Crippen LogP contribution is -2.17. The number of hydrogen-bond donors (Lipinski definition) is 1. The van der Waals surface area contributed by atoms with Crippen LogP contribution >= 0.6 is 11.6 Å². The van der Waals surface area contributed by atoms with Crippen LogP contribution in [0, 0.1) is 11.3 Å². The summed E-state index contributed by atoms with van der Waals surface area (Å²) in [5, 5.41) is 9.41. The zero-order chi connectivity index (χ0) is 15.7. The molecular formula is C16H12ClN3O2. The number of imidazole rings is 1. The molecule has 0 radical (unpaired) electrons. The van der Waals surface area contributed by atoms with Crippen LogP contribution < -0.4 is 10.4 Å². The summed E-state index contributed by atoms with van der Waals surface area (Å²) in [5.41, 5.74) is 2.56. The summed E-state index contributed by atoms with van der Waals surface area (Å²) in [7, 11) is 1.55. The van der Waals surface area contributed by atoms with Crippen LogP contribution in [0.3, 0.4) is 0 Å². The molecule has 1 aromatic heterocycles.